The molecule has 24 heavy (non-hydrogen) atoms. The van der Waals surface area contributed by atoms with Gasteiger partial charge in [-0.05, 0) is 6.92 Å². The van der Waals surface area contributed by atoms with E-state index >= 15 is 0 Å². The van der Waals surface area contributed by atoms with Crippen LogP contribution in [0.25, 0.3) is 0 Å². The number of hydrogen-bond acceptors (Lipinski definition) is 10. The first-order chi connectivity index (χ1) is 10.6. The van der Waals surface area contributed by atoms with E-state index < -0.39 is 52.9 Å². The van der Waals surface area contributed by atoms with Crippen LogP contribution < -0.4 is 0 Å². The fraction of sp³-hybridized carbons (Fsp3) is 1.00. The van der Waals surface area contributed by atoms with Crippen molar-refractivity contribution >= 4 is 23.5 Å². The van der Waals surface area contributed by atoms with Crippen LogP contribution in [0.5, 0.6) is 0 Å². The van der Waals surface area contributed by atoms with E-state index in [4.69, 9.17) is 19.4 Å². The lowest BCUT2D eigenvalue weighted by atomic mass is 10.1. The molecule has 0 aromatic heterocycles. The van der Waals surface area contributed by atoms with Gasteiger partial charge in [0.2, 0.25) is 0 Å². The molecule has 0 bridgehead atoms. The van der Waals surface area contributed by atoms with Gasteiger partial charge >= 0.3 is 29.2 Å². The van der Waals surface area contributed by atoms with Crippen molar-refractivity contribution in [1.82, 2.24) is 0 Å². The zero-order valence-electron chi connectivity index (χ0n) is 11.8. The Bertz CT molecular complexity index is 630. The summed E-state index contributed by atoms with van der Waals surface area (Å²) in [6.45, 7) is 0.00843. The Morgan fingerprint density at radius 1 is 1.21 bits per heavy atom. The summed E-state index contributed by atoms with van der Waals surface area (Å²) in [5, 5.41) is 20.7. The summed E-state index contributed by atoms with van der Waals surface area (Å²) in [5.41, 5.74) is -2.63. The molecule has 1 heterocycles. The number of hydrogen-bond donors (Lipinski definition) is 5. The average Bonchev–Trinajstić information content (AvgIpc) is 2.57. The highest BCUT2D eigenvalue weighted by Crippen LogP contribution is 2.66. The SMILES string of the molecule is C[C@H]1CC(O)[C@](COP(=O)(O)OP(=O)(O)OP(=O)(O)O)([N+](=O)[O-])O1. The standard InChI is InChI=1S/C6H14NO14P3/c1-4-2-5(8)6(19-4,7(9)10)3-18-23(14,15)21-24(16,17)20-22(11,12)13/h4-5,8H,2-3H2,1H3,(H,14,15)(H,16,17)(H2,11,12,13)/t4-,5?,6+/m0/s1. The van der Waals surface area contributed by atoms with Crippen LogP contribution >= 0.6 is 23.5 Å². The Labute approximate surface area is 133 Å². The second kappa shape index (κ2) is 7.16. The van der Waals surface area contributed by atoms with Gasteiger partial charge < -0.3 is 29.4 Å². The normalized spacial score (nSPS) is 32.9. The Morgan fingerprint density at radius 2 is 1.75 bits per heavy atom. The number of phosphoric acid groups is 3. The topological polar surface area (TPSA) is 232 Å². The summed E-state index contributed by atoms with van der Waals surface area (Å²) in [5.74, 6) is 0. The van der Waals surface area contributed by atoms with E-state index in [0.29, 0.717) is 0 Å². The van der Waals surface area contributed by atoms with Crippen LogP contribution in [0.4, 0.5) is 0 Å². The Morgan fingerprint density at radius 3 is 2.12 bits per heavy atom. The monoisotopic (exact) mass is 417 g/mol. The molecule has 0 radical (unpaired) electrons. The van der Waals surface area contributed by atoms with Crippen LogP contribution in [0.3, 0.4) is 0 Å². The second-order valence-electron chi connectivity index (χ2n) is 4.65. The average molecular weight is 417 g/mol. The van der Waals surface area contributed by atoms with Crippen molar-refractivity contribution in [3.8, 4) is 0 Å². The molecular formula is C6H14NO14P3. The molecule has 1 aliphatic heterocycles. The zero-order valence-corrected chi connectivity index (χ0v) is 14.5. The number of rotatable bonds is 8. The molecule has 0 aliphatic carbocycles. The van der Waals surface area contributed by atoms with Crippen molar-refractivity contribution in [2.24, 2.45) is 0 Å². The highest BCUT2D eigenvalue weighted by Gasteiger charge is 2.59. The second-order valence-corrected chi connectivity index (χ2v) is 9.07. The zero-order chi connectivity index (χ0) is 19.0. The van der Waals surface area contributed by atoms with Crippen LogP contribution in [0.15, 0.2) is 0 Å². The molecule has 1 aliphatic rings. The molecule has 142 valence electrons. The first kappa shape index (κ1) is 21.8. The summed E-state index contributed by atoms with van der Waals surface area (Å²) >= 11 is 0. The summed E-state index contributed by atoms with van der Waals surface area (Å²) in [6.07, 6.45) is -2.72. The largest absolute Gasteiger partial charge is 0.490 e. The fourth-order valence-corrected chi connectivity index (χ4v) is 4.84. The molecule has 1 fully saturated rings. The van der Waals surface area contributed by atoms with Gasteiger partial charge in [-0.3, -0.25) is 14.6 Å². The van der Waals surface area contributed by atoms with Gasteiger partial charge in [-0.2, -0.15) is 8.62 Å². The van der Waals surface area contributed by atoms with E-state index in [1.165, 1.54) is 6.92 Å². The minimum absolute atomic E-state index is 0.194. The number of ether oxygens (including phenoxy) is 1. The molecule has 5 N–H and O–H groups in total. The van der Waals surface area contributed by atoms with Crippen molar-refractivity contribution < 1.29 is 61.2 Å². The quantitative estimate of drug-likeness (QED) is 0.190. The van der Waals surface area contributed by atoms with Crippen molar-refractivity contribution in [3.05, 3.63) is 10.1 Å². The molecule has 5 atom stereocenters. The van der Waals surface area contributed by atoms with Gasteiger partial charge in [-0.1, -0.05) is 0 Å². The first-order valence-corrected chi connectivity index (χ1v) is 10.4. The minimum atomic E-state index is -5.74. The lowest BCUT2D eigenvalue weighted by Gasteiger charge is -2.24. The van der Waals surface area contributed by atoms with Crippen LogP contribution in [0, 0.1) is 10.1 Å². The predicted octanol–water partition coefficient (Wildman–Crippen LogP) is -0.528. The van der Waals surface area contributed by atoms with Crippen LogP contribution in [0.1, 0.15) is 13.3 Å². The predicted molar refractivity (Wildman–Crippen MR) is 70.7 cm³/mol. The number of nitrogens with zero attached hydrogens (tertiary/aromatic N) is 1. The molecule has 0 aromatic carbocycles. The molecule has 0 amide bonds. The van der Waals surface area contributed by atoms with E-state index in [1.807, 2.05) is 0 Å². The third kappa shape index (κ3) is 5.92. The van der Waals surface area contributed by atoms with E-state index in [1.54, 1.807) is 0 Å². The highest BCUT2D eigenvalue weighted by atomic mass is 31.3. The summed E-state index contributed by atoms with van der Waals surface area (Å²) < 4.78 is 49.0. The van der Waals surface area contributed by atoms with Gasteiger partial charge in [0, 0.05) is 6.42 Å². The Hall–Kier alpha value is -0.270. The van der Waals surface area contributed by atoms with Gasteiger partial charge in [0.25, 0.3) is 0 Å². The highest BCUT2D eigenvalue weighted by molar-refractivity contribution is 7.66. The molecule has 1 rings (SSSR count). The maximum Gasteiger partial charge on any atom is 0.490 e. The van der Waals surface area contributed by atoms with Crippen LogP contribution in [0.2, 0.25) is 0 Å². The number of aliphatic hydroxyl groups excluding tert-OH is 1. The lowest BCUT2D eigenvalue weighted by molar-refractivity contribution is -0.637. The summed E-state index contributed by atoms with van der Waals surface area (Å²) in [7, 11) is -16.9. The van der Waals surface area contributed by atoms with Gasteiger partial charge in [0.1, 0.15) is 0 Å². The smallest absolute Gasteiger partial charge is 0.383 e. The third-order valence-electron chi connectivity index (χ3n) is 2.64. The molecule has 0 spiro atoms. The molecule has 1 saturated heterocycles. The van der Waals surface area contributed by atoms with Crippen molar-refractivity contribution in [2.75, 3.05) is 6.61 Å². The van der Waals surface area contributed by atoms with Gasteiger partial charge in [0.05, 0.1) is 11.0 Å². The third-order valence-corrected chi connectivity index (χ3v) is 6.42. The Kier molecular flexibility index (Phi) is 6.49. The van der Waals surface area contributed by atoms with Crippen molar-refractivity contribution in [2.45, 2.75) is 31.3 Å². The minimum Gasteiger partial charge on any atom is -0.383 e. The fourth-order valence-electron chi connectivity index (χ4n) is 1.80. The van der Waals surface area contributed by atoms with Gasteiger partial charge in [0.15, 0.2) is 12.7 Å². The van der Waals surface area contributed by atoms with Crippen LogP contribution in [-0.2, 0) is 31.6 Å². The molecule has 3 unspecified atom stereocenters. The van der Waals surface area contributed by atoms with E-state index in [0.717, 1.165) is 0 Å². The van der Waals surface area contributed by atoms with Crippen LogP contribution in [-0.4, -0.2) is 54.1 Å². The summed E-state index contributed by atoms with van der Waals surface area (Å²) in [6, 6.07) is 0. The molecule has 18 heteroatoms. The summed E-state index contributed by atoms with van der Waals surface area (Å²) in [4.78, 5) is 44.8. The Balaban J connectivity index is 2.84. The van der Waals surface area contributed by atoms with E-state index in [9.17, 15) is 33.8 Å². The number of nitro groups is 1. The molecule has 15 nitrogen and oxygen atoms in total. The number of phosphoric ester groups is 1. The van der Waals surface area contributed by atoms with Gasteiger partial charge in [-0.15, -0.1) is 0 Å². The number of aliphatic hydroxyl groups is 1. The molecule has 0 saturated carbocycles. The maximum absolute atomic E-state index is 11.5. The van der Waals surface area contributed by atoms with Crippen molar-refractivity contribution in [1.29, 1.82) is 0 Å². The maximum atomic E-state index is 11.5. The van der Waals surface area contributed by atoms with Crippen molar-refractivity contribution in [3.63, 3.8) is 0 Å². The van der Waals surface area contributed by atoms with E-state index in [-0.39, 0.29) is 6.42 Å². The molecule has 0 aromatic rings. The lowest BCUT2D eigenvalue weighted by Crippen LogP contribution is -2.51. The first-order valence-electron chi connectivity index (χ1n) is 5.87. The molecular weight excluding hydrogens is 403 g/mol. The van der Waals surface area contributed by atoms with E-state index in [2.05, 4.69) is 13.1 Å². The van der Waals surface area contributed by atoms with Gasteiger partial charge in [-0.25, -0.2) is 13.7 Å².